The van der Waals surface area contributed by atoms with E-state index in [4.69, 9.17) is 14.2 Å². The Morgan fingerprint density at radius 1 is 1.22 bits per heavy atom. The van der Waals surface area contributed by atoms with Crippen LogP contribution in [0.4, 0.5) is 0 Å². The van der Waals surface area contributed by atoms with Crippen LogP contribution in [0.5, 0.6) is 11.5 Å². The Labute approximate surface area is 135 Å². The zero-order chi connectivity index (χ0) is 16.0. The van der Waals surface area contributed by atoms with Gasteiger partial charge in [0.15, 0.2) is 11.5 Å². The Morgan fingerprint density at radius 3 is 2.70 bits per heavy atom. The van der Waals surface area contributed by atoms with Gasteiger partial charge in [-0.15, -0.1) is 0 Å². The van der Waals surface area contributed by atoms with Crippen molar-refractivity contribution in [2.75, 3.05) is 34.0 Å². The normalized spacial score (nSPS) is 25.9. The number of likely N-dealkylation sites (tertiary alicyclic amines) is 1. The summed E-state index contributed by atoms with van der Waals surface area (Å²) in [4.78, 5) is 14.4. The number of hydrogen-bond acceptors (Lipinski definition) is 4. The molecule has 4 rings (SSSR count). The molecule has 0 spiro atoms. The molecule has 5 nitrogen and oxygen atoms in total. The molecular weight excluding hydrogens is 294 g/mol. The van der Waals surface area contributed by atoms with E-state index in [0.717, 1.165) is 24.3 Å². The lowest BCUT2D eigenvalue weighted by Gasteiger charge is -2.31. The summed E-state index contributed by atoms with van der Waals surface area (Å²) in [6.45, 7) is 2.10. The molecule has 5 heteroatoms. The highest BCUT2D eigenvalue weighted by Crippen LogP contribution is 2.52. The molecule has 0 bridgehead atoms. The molecule has 23 heavy (non-hydrogen) atoms. The number of carbonyl (C=O) groups is 1. The number of methoxy groups -OCH3 is 2. The molecule has 2 atom stereocenters. The van der Waals surface area contributed by atoms with Gasteiger partial charge in [0.25, 0.3) is 0 Å². The number of ether oxygens (including phenoxy) is 3. The summed E-state index contributed by atoms with van der Waals surface area (Å²) >= 11 is 0. The van der Waals surface area contributed by atoms with Crippen molar-refractivity contribution in [3.05, 3.63) is 29.3 Å². The van der Waals surface area contributed by atoms with Crippen molar-refractivity contribution in [2.45, 2.75) is 18.9 Å². The maximum Gasteiger partial charge on any atom is 0.223 e. The lowest BCUT2D eigenvalue weighted by Crippen LogP contribution is -2.34. The van der Waals surface area contributed by atoms with Gasteiger partial charge in [0.05, 0.1) is 33.5 Å². The third-order valence-corrected chi connectivity index (χ3v) is 5.13. The number of fused-ring (bicyclic) bond motifs is 3. The monoisotopic (exact) mass is 315 g/mol. The van der Waals surface area contributed by atoms with E-state index in [-0.39, 0.29) is 17.9 Å². The minimum absolute atomic E-state index is 0.0476. The van der Waals surface area contributed by atoms with Gasteiger partial charge >= 0.3 is 0 Å². The van der Waals surface area contributed by atoms with E-state index in [0.29, 0.717) is 25.4 Å². The summed E-state index contributed by atoms with van der Waals surface area (Å²) in [5.41, 5.74) is 3.59. The average Bonchev–Trinajstić information content (AvgIpc) is 3.14. The zero-order valence-electron chi connectivity index (χ0n) is 13.5. The first-order valence-electron chi connectivity index (χ1n) is 8.08. The standard InChI is InChI=1S/C18H21NO4/c1-21-15-8-12-11-5-7-23-10-14(11)18(13(12)9-16(15)22-2)19-6-3-4-17(19)20/h5,8-9,14,18H,3-4,6-7,10H2,1-2H3/t14-,18-/m1/s1. The number of rotatable bonds is 3. The van der Waals surface area contributed by atoms with E-state index in [1.807, 2.05) is 17.0 Å². The number of hydrogen-bond donors (Lipinski definition) is 0. The number of carbonyl (C=O) groups excluding carboxylic acids is 1. The summed E-state index contributed by atoms with van der Waals surface area (Å²) in [6.07, 6.45) is 3.72. The second kappa shape index (κ2) is 5.57. The Hall–Kier alpha value is -2.01. The van der Waals surface area contributed by atoms with Gasteiger partial charge in [-0.05, 0) is 35.3 Å². The lowest BCUT2D eigenvalue weighted by atomic mass is 9.95. The van der Waals surface area contributed by atoms with Crippen molar-refractivity contribution < 1.29 is 19.0 Å². The molecule has 0 saturated carbocycles. The third kappa shape index (κ3) is 2.14. The first-order valence-corrected chi connectivity index (χ1v) is 8.08. The summed E-state index contributed by atoms with van der Waals surface area (Å²) in [5, 5.41) is 0. The third-order valence-electron chi connectivity index (χ3n) is 5.13. The van der Waals surface area contributed by atoms with Gasteiger partial charge in [-0.3, -0.25) is 4.79 Å². The Morgan fingerprint density at radius 2 is 2.00 bits per heavy atom. The molecule has 2 aliphatic heterocycles. The Balaban J connectivity index is 1.87. The van der Waals surface area contributed by atoms with Gasteiger partial charge in [-0.2, -0.15) is 0 Å². The summed E-state index contributed by atoms with van der Waals surface area (Å²) in [6, 6.07) is 4.12. The SMILES string of the molecule is COc1cc2c(cc1OC)[C@@H](N1CCCC1=O)[C@@H]1COCC=C21. The molecule has 0 aromatic heterocycles. The smallest absolute Gasteiger partial charge is 0.223 e. The fourth-order valence-electron chi connectivity index (χ4n) is 4.11. The maximum absolute atomic E-state index is 12.3. The highest BCUT2D eigenvalue weighted by atomic mass is 16.5. The van der Waals surface area contributed by atoms with Crippen LogP contribution < -0.4 is 9.47 Å². The van der Waals surface area contributed by atoms with Crippen LogP contribution >= 0.6 is 0 Å². The van der Waals surface area contributed by atoms with E-state index >= 15 is 0 Å². The van der Waals surface area contributed by atoms with Crippen molar-refractivity contribution in [3.8, 4) is 11.5 Å². The molecule has 0 radical (unpaired) electrons. The van der Waals surface area contributed by atoms with Crippen molar-refractivity contribution in [1.82, 2.24) is 4.90 Å². The van der Waals surface area contributed by atoms with E-state index in [2.05, 4.69) is 6.08 Å². The van der Waals surface area contributed by atoms with Gasteiger partial charge < -0.3 is 19.1 Å². The van der Waals surface area contributed by atoms with Crippen molar-refractivity contribution in [2.24, 2.45) is 5.92 Å². The minimum Gasteiger partial charge on any atom is -0.493 e. The molecule has 1 aliphatic carbocycles. The zero-order valence-corrected chi connectivity index (χ0v) is 13.5. The minimum atomic E-state index is 0.0476. The van der Waals surface area contributed by atoms with Gasteiger partial charge in [0.2, 0.25) is 5.91 Å². The van der Waals surface area contributed by atoms with E-state index < -0.39 is 0 Å². The lowest BCUT2D eigenvalue weighted by molar-refractivity contribution is -0.130. The fourth-order valence-corrected chi connectivity index (χ4v) is 4.11. The van der Waals surface area contributed by atoms with Crippen LogP contribution in [0.25, 0.3) is 5.57 Å². The second-order valence-electron chi connectivity index (χ2n) is 6.23. The summed E-state index contributed by atoms with van der Waals surface area (Å²) in [5.74, 6) is 1.88. The molecule has 122 valence electrons. The quantitative estimate of drug-likeness (QED) is 0.859. The van der Waals surface area contributed by atoms with Gasteiger partial charge in [0.1, 0.15) is 0 Å². The Bertz CT molecular complexity index is 682. The van der Waals surface area contributed by atoms with Crippen LogP contribution in [0.1, 0.15) is 30.0 Å². The fraction of sp³-hybridized carbons (Fsp3) is 0.500. The second-order valence-corrected chi connectivity index (χ2v) is 6.23. The summed E-state index contributed by atoms with van der Waals surface area (Å²) < 4.78 is 16.6. The van der Waals surface area contributed by atoms with Crippen LogP contribution in [0.15, 0.2) is 18.2 Å². The molecular formula is C18H21NO4. The van der Waals surface area contributed by atoms with Crippen LogP contribution in [0.3, 0.4) is 0 Å². The molecule has 1 fully saturated rings. The van der Waals surface area contributed by atoms with Crippen LogP contribution in [-0.4, -0.2) is 44.8 Å². The molecule has 0 unspecified atom stereocenters. The van der Waals surface area contributed by atoms with Crippen LogP contribution in [0.2, 0.25) is 0 Å². The van der Waals surface area contributed by atoms with Crippen LogP contribution in [0, 0.1) is 5.92 Å². The number of amides is 1. The van der Waals surface area contributed by atoms with E-state index in [1.165, 1.54) is 11.1 Å². The van der Waals surface area contributed by atoms with Crippen molar-refractivity contribution in [3.63, 3.8) is 0 Å². The molecule has 1 aromatic carbocycles. The number of nitrogens with zero attached hydrogens (tertiary/aromatic N) is 1. The molecule has 1 amide bonds. The molecule has 1 saturated heterocycles. The van der Waals surface area contributed by atoms with Crippen molar-refractivity contribution in [1.29, 1.82) is 0 Å². The highest BCUT2D eigenvalue weighted by molar-refractivity contribution is 5.83. The van der Waals surface area contributed by atoms with E-state index in [1.54, 1.807) is 14.2 Å². The molecule has 0 N–H and O–H groups in total. The predicted octanol–water partition coefficient (Wildman–Crippen LogP) is 2.41. The van der Waals surface area contributed by atoms with Gasteiger partial charge in [-0.1, -0.05) is 6.08 Å². The number of benzene rings is 1. The first kappa shape index (κ1) is 14.6. The molecule has 2 heterocycles. The van der Waals surface area contributed by atoms with Gasteiger partial charge in [-0.25, -0.2) is 0 Å². The highest BCUT2D eigenvalue weighted by Gasteiger charge is 2.44. The van der Waals surface area contributed by atoms with E-state index in [9.17, 15) is 4.79 Å². The van der Waals surface area contributed by atoms with Crippen molar-refractivity contribution >= 4 is 11.5 Å². The topological polar surface area (TPSA) is 48.0 Å². The molecule has 1 aromatic rings. The summed E-state index contributed by atoms with van der Waals surface area (Å²) in [7, 11) is 3.29. The average molecular weight is 315 g/mol. The molecule has 3 aliphatic rings. The Kier molecular flexibility index (Phi) is 3.53. The first-order chi connectivity index (χ1) is 11.2. The van der Waals surface area contributed by atoms with Gasteiger partial charge in [0, 0.05) is 18.9 Å². The van der Waals surface area contributed by atoms with Crippen LogP contribution in [-0.2, 0) is 9.53 Å². The predicted molar refractivity (Wildman–Crippen MR) is 85.5 cm³/mol. The largest absolute Gasteiger partial charge is 0.493 e. The maximum atomic E-state index is 12.3.